The highest BCUT2D eigenvalue weighted by atomic mass is 19.3. The second kappa shape index (κ2) is 15.6. The highest BCUT2D eigenvalue weighted by Crippen LogP contribution is 2.16. The van der Waals surface area contributed by atoms with Gasteiger partial charge in [-0.3, -0.25) is 14.4 Å². The van der Waals surface area contributed by atoms with E-state index in [1.54, 1.807) is 0 Å². The van der Waals surface area contributed by atoms with Gasteiger partial charge in [0, 0.05) is 32.6 Å². The number of Topliss-reactive ketones (excluding diaryl/α,β-unsaturated/α-hetero) is 1. The molecule has 2 aromatic carbocycles. The second-order valence-electron chi connectivity index (χ2n) is 8.52. The normalized spacial score (nSPS) is 12.6. The van der Waals surface area contributed by atoms with Crippen LogP contribution in [0.25, 0.3) is 0 Å². The molecule has 0 radical (unpaired) electrons. The van der Waals surface area contributed by atoms with Crippen molar-refractivity contribution in [3.63, 3.8) is 0 Å². The molecule has 11 heteroatoms. The van der Waals surface area contributed by atoms with E-state index >= 15 is 0 Å². The molecule has 0 aromatic heterocycles. The molecule has 0 saturated carbocycles. The Morgan fingerprint density at radius 3 is 2.11 bits per heavy atom. The minimum atomic E-state index is -2.95. The summed E-state index contributed by atoms with van der Waals surface area (Å²) in [6.45, 7) is -1.86. The second-order valence-corrected chi connectivity index (χ2v) is 8.52. The molecule has 0 unspecified atom stereocenters. The van der Waals surface area contributed by atoms with Crippen molar-refractivity contribution in [1.82, 2.24) is 10.2 Å². The van der Waals surface area contributed by atoms with Crippen LogP contribution >= 0.6 is 0 Å². The average Bonchev–Trinajstić information content (AvgIpc) is 2.87. The maximum Gasteiger partial charge on any atom is 0.387 e. The number of carbonyl (C=O) groups excluding carboxylic acids is 3. The lowest BCUT2D eigenvalue weighted by Crippen LogP contribution is -2.51. The van der Waals surface area contributed by atoms with Crippen molar-refractivity contribution >= 4 is 17.6 Å². The molecule has 37 heavy (non-hydrogen) atoms. The van der Waals surface area contributed by atoms with Crippen LogP contribution in [0.4, 0.5) is 8.78 Å². The number of halogens is 2. The van der Waals surface area contributed by atoms with Gasteiger partial charge in [0.2, 0.25) is 11.8 Å². The lowest BCUT2D eigenvalue weighted by molar-refractivity contribution is -0.134. The topological polar surface area (TPSA) is 154 Å². The third-order valence-corrected chi connectivity index (χ3v) is 5.68. The van der Waals surface area contributed by atoms with E-state index < -0.39 is 24.6 Å². The summed E-state index contributed by atoms with van der Waals surface area (Å²) < 4.78 is 29.1. The van der Waals surface area contributed by atoms with Gasteiger partial charge in [0.15, 0.2) is 5.78 Å². The Hall–Kier alpha value is -3.41. The standard InChI is InChI=1S/C26H35F2N5O4/c27-26(28)37-20-9-6-19(7-10-20)16-23(34)22(11-8-18-4-2-1-3-5-18)32-25(36)21(31)17-24(35)33(14-12-29)15-13-30/h1-7,9-10,21-22,26H,8,11-17,29-31H2,(H,32,36)/t21-,22-/m0/s1. The summed E-state index contributed by atoms with van der Waals surface area (Å²) in [5.41, 5.74) is 18.6. The van der Waals surface area contributed by atoms with Crippen molar-refractivity contribution in [2.75, 3.05) is 26.2 Å². The Morgan fingerprint density at radius 1 is 0.919 bits per heavy atom. The van der Waals surface area contributed by atoms with Crippen LogP contribution in [-0.4, -0.2) is 67.4 Å². The zero-order valence-corrected chi connectivity index (χ0v) is 20.7. The lowest BCUT2D eigenvalue weighted by atomic mass is 9.97. The molecule has 0 fully saturated rings. The van der Waals surface area contributed by atoms with Crippen LogP contribution in [0.2, 0.25) is 0 Å². The first-order valence-electron chi connectivity index (χ1n) is 12.1. The number of nitrogens with zero attached hydrogens (tertiary/aromatic N) is 1. The first kappa shape index (κ1) is 29.8. The molecule has 2 amide bonds. The molecule has 7 N–H and O–H groups in total. The van der Waals surface area contributed by atoms with Gasteiger partial charge in [-0.15, -0.1) is 0 Å². The van der Waals surface area contributed by atoms with Crippen molar-refractivity contribution in [1.29, 1.82) is 0 Å². The molecule has 0 heterocycles. The number of amides is 2. The van der Waals surface area contributed by atoms with Gasteiger partial charge in [-0.2, -0.15) is 8.78 Å². The number of aryl methyl sites for hydroxylation is 1. The number of nitrogens with two attached hydrogens (primary N) is 3. The van der Waals surface area contributed by atoms with E-state index in [4.69, 9.17) is 17.2 Å². The van der Waals surface area contributed by atoms with Crippen LogP contribution < -0.4 is 27.3 Å². The molecule has 0 spiro atoms. The Bertz CT molecular complexity index is 986. The molecule has 2 rings (SSSR count). The summed E-state index contributed by atoms with van der Waals surface area (Å²) >= 11 is 0. The predicted molar refractivity (Wildman–Crippen MR) is 136 cm³/mol. The molecule has 202 valence electrons. The molecule has 0 aliphatic rings. The smallest absolute Gasteiger partial charge is 0.387 e. The average molecular weight is 520 g/mol. The van der Waals surface area contributed by atoms with E-state index in [0.29, 0.717) is 31.5 Å². The van der Waals surface area contributed by atoms with Crippen molar-refractivity contribution in [3.05, 3.63) is 65.7 Å². The van der Waals surface area contributed by atoms with Gasteiger partial charge >= 0.3 is 6.61 Å². The maximum absolute atomic E-state index is 13.1. The fourth-order valence-electron chi connectivity index (χ4n) is 3.74. The number of benzene rings is 2. The van der Waals surface area contributed by atoms with Crippen LogP contribution in [0.15, 0.2) is 54.6 Å². The van der Waals surface area contributed by atoms with Crippen molar-refractivity contribution < 1.29 is 27.9 Å². The number of carbonyl (C=O) groups is 3. The number of ketones is 1. The van der Waals surface area contributed by atoms with Gasteiger partial charge in [-0.1, -0.05) is 42.5 Å². The van der Waals surface area contributed by atoms with Crippen LogP contribution in [0.3, 0.4) is 0 Å². The molecular weight excluding hydrogens is 484 g/mol. The van der Waals surface area contributed by atoms with Gasteiger partial charge in [0.1, 0.15) is 5.75 Å². The van der Waals surface area contributed by atoms with E-state index in [9.17, 15) is 23.2 Å². The predicted octanol–water partition coefficient (Wildman–Crippen LogP) is 0.981. The van der Waals surface area contributed by atoms with E-state index in [1.807, 2.05) is 30.3 Å². The van der Waals surface area contributed by atoms with E-state index in [0.717, 1.165) is 5.56 Å². The minimum absolute atomic E-state index is 0.0194. The molecule has 0 aliphatic heterocycles. The van der Waals surface area contributed by atoms with Crippen molar-refractivity contribution in [2.24, 2.45) is 17.2 Å². The molecular formula is C26H35F2N5O4. The quantitative estimate of drug-likeness (QED) is 0.258. The van der Waals surface area contributed by atoms with Crippen LogP contribution in [-0.2, 0) is 27.2 Å². The number of alkyl halides is 2. The number of hydrogen-bond acceptors (Lipinski definition) is 7. The van der Waals surface area contributed by atoms with Crippen molar-refractivity contribution in [3.8, 4) is 5.75 Å². The third-order valence-electron chi connectivity index (χ3n) is 5.68. The van der Waals surface area contributed by atoms with Gasteiger partial charge < -0.3 is 32.2 Å². The van der Waals surface area contributed by atoms with E-state index in [2.05, 4.69) is 10.1 Å². The molecule has 9 nitrogen and oxygen atoms in total. The number of ether oxygens (including phenoxy) is 1. The summed E-state index contributed by atoms with van der Waals surface area (Å²) in [7, 11) is 0. The Balaban J connectivity index is 2.07. The fraction of sp³-hybridized carbons (Fsp3) is 0.423. The highest BCUT2D eigenvalue weighted by Gasteiger charge is 2.26. The Morgan fingerprint density at radius 2 is 1.54 bits per heavy atom. The molecule has 2 aromatic rings. The van der Waals surface area contributed by atoms with Crippen LogP contribution in [0.5, 0.6) is 5.75 Å². The van der Waals surface area contributed by atoms with Crippen LogP contribution in [0.1, 0.15) is 24.0 Å². The largest absolute Gasteiger partial charge is 0.435 e. The molecule has 0 bridgehead atoms. The summed E-state index contributed by atoms with van der Waals surface area (Å²) in [6.07, 6.45) is 0.544. The zero-order chi connectivity index (χ0) is 27.2. The summed E-state index contributed by atoms with van der Waals surface area (Å²) in [6, 6.07) is 13.2. The van der Waals surface area contributed by atoms with E-state index in [1.165, 1.54) is 29.2 Å². The maximum atomic E-state index is 13.1. The van der Waals surface area contributed by atoms with E-state index in [-0.39, 0.29) is 43.4 Å². The number of nitrogens with one attached hydrogen (secondary N) is 1. The zero-order valence-electron chi connectivity index (χ0n) is 20.7. The van der Waals surface area contributed by atoms with Gasteiger partial charge in [0.25, 0.3) is 0 Å². The van der Waals surface area contributed by atoms with Crippen molar-refractivity contribution in [2.45, 2.75) is 44.4 Å². The Kier molecular flexibility index (Phi) is 12.6. The SMILES string of the molecule is NCCN(CCN)C(=O)C[C@H](N)C(=O)N[C@@H](CCc1ccccc1)C(=O)Cc1ccc(OC(F)F)cc1. The third kappa shape index (κ3) is 10.6. The first-order valence-corrected chi connectivity index (χ1v) is 12.1. The summed E-state index contributed by atoms with van der Waals surface area (Å²) in [4.78, 5) is 40.0. The minimum Gasteiger partial charge on any atom is -0.435 e. The first-order chi connectivity index (χ1) is 17.7. The highest BCUT2D eigenvalue weighted by molar-refractivity contribution is 5.93. The summed E-state index contributed by atoms with van der Waals surface area (Å²) in [5.74, 6) is -1.27. The molecule has 0 aliphatic carbocycles. The van der Waals surface area contributed by atoms with Gasteiger partial charge in [-0.05, 0) is 36.1 Å². The Labute approximate surface area is 215 Å². The number of rotatable bonds is 16. The van der Waals surface area contributed by atoms with Gasteiger partial charge in [-0.25, -0.2) is 0 Å². The molecule has 0 saturated heterocycles. The number of hydrogen-bond donors (Lipinski definition) is 4. The molecule has 2 atom stereocenters. The monoisotopic (exact) mass is 519 g/mol. The van der Waals surface area contributed by atoms with Crippen LogP contribution in [0, 0.1) is 0 Å². The lowest BCUT2D eigenvalue weighted by Gasteiger charge is -2.24. The fourth-order valence-corrected chi connectivity index (χ4v) is 3.74. The summed E-state index contributed by atoms with van der Waals surface area (Å²) in [5, 5.41) is 2.70. The van der Waals surface area contributed by atoms with Gasteiger partial charge in [0.05, 0.1) is 18.5 Å².